The Morgan fingerprint density at radius 2 is 2.08 bits per heavy atom. The van der Waals surface area contributed by atoms with Crippen molar-refractivity contribution in [1.29, 1.82) is 0 Å². The smallest absolute Gasteiger partial charge is 0.292 e. The van der Waals surface area contributed by atoms with Crippen LogP contribution in [0.3, 0.4) is 0 Å². The second-order valence-electron chi connectivity index (χ2n) is 4.80. The average molecular weight is 329 g/mol. The van der Waals surface area contributed by atoms with E-state index in [1.807, 2.05) is 0 Å². The van der Waals surface area contributed by atoms with Crippen molar-refractivity contribution < 1.29 is 10.0 Å². The van der Waals surface area contributed by atoms with Crippen LogP contribution >= 0.6 is 0 Å². The first kappa shape index (κ1) is 17.1. The van der Waals surface area contributed by atoms with Crippen molar-refractivity contribution in [3.05, 3.63) is 62.5 Å². The van der Waals surface area contributed by atoms with Gasteiger partial charge in [-0.15, -0.1) is 0 Å². The summed E-state index contributed by atoms with van der Waals surface area (Å²) in [5, 5.41) is 26.3. The number of aromatic nitrogens is 2. The summed E-state index contributed by atoms with van der Waals surface area (Å²) in [6, 6.07) is 4.20. The van der Waals surface area contributed by atoms with E-state index in [1.165, 1.54) is 18.2 Å². The zero-order chi connectivity index (χ0) is 17.4. The van der Waals surface area contributed by atoms with Crippen molar-refractivity contribution in [3.8, 4) is 0 Å². The van der Waals surface area contributed by atoms with Gasteiger partial charge in [0, 0.05) is 55.1 Å². The van der Waals surface area contributed by atoms with Crippen molar-refractivity contribution in [2.24, 2.45) is 5.11 Å². The maximum Gasteiger partial charge on any atom is 0.292 e. The molecular formula is C14H15N7O3. The fraction of sp³-hybridized carbons (Fsp3) is 0.286. The van der Waals surface area contributed by atoms with Crippen molar-refractivity contribution in [2.75, 3.05) is 18.5 Å². The quantitative estimate of drug-likeness (QED) is 0.250. The van der Waals surface area contributed by atoms with Crippen molar-refractivity contribution >= 4 is 17.1 Å². The van der Waals surface area contributed by atoms with Gasteiger partial charge in [-0.3, -0.25) is 20.1 Å². The van der Waals surface area contributed by atoms with E-state index in [2.05, 4.69) is 25.3 Å². The molecule has 10 heteroatoms. The number of aliphatic hydroxyl groups excluding tert-OH is 1. The van der Waals surface area contributed by atoms with Gasteiger partial charge in [0.05, 0.1) is 16.3 Å². The Morgan fingerprint density at radius 1 is 1.33 bits per heavy atom. The first-order chi connectivity index (χ1) is 11.6. The fourth-order valence-electron chi connectivity index (χ4n) is 2.07. The maximum absolute atomic E-state index is 11.1. The molecule has 0 saturated heterocycles. The van der Waals surface area contributed by atoms with Crippen LogP contribution in [0.2, 0.25) is 0 Å². The largest absolute Gasteiger partial charge is 0.396 e. The van der Waals surface area contributed by atoms with Crippen molar-refractivity contribution in [3.63, 3.8) is 0 Å². The van der Waals surface area contributed by atoms with E-state index in [4.69, 9.17) is 10.6 Å². The molecule has 1 aromatic carbocycles. The number of benzene rings is 1. The predicted molar refractivity (Wildman–Crippen MR) is 86.9 cm³/mol. The lowest BCUT2D eigenvalue weighted by Crippen LogP contribution is -2.09. The SMILES string of the molecule is [N-]=[N+]=Nc1ccc(NCCc2cncc(CCO)n2)c([N+](=O)[O-])c1. The van der Waals surface area contributed by atoms with Gasteiger partial charge < -0.3 is 10.4 Å². The number of nitrogens with one attached hydrogen (secondary N) is 1. The highest BCUT2D eigenvalue weighted by atomic mass is 16.6. The van der Waals surface area contributed by atoms with Gasteiger partial charge >= 0.3 is 0 Å². The van der Waals surface area contributed by atoms with Gasteiger partial charge in [-0.05, 0) is 11.6 Å². The molecule has 0 unspecified atom stereocenters. The number of rotatable bonds is 8. The van der Waals surface area contributed by atoms with Crippen LogP contribution in [0.5, 0.6) is 0 Å². The van der Waals surface area contributed by atoms with E-state index in [9.17, 15) is 10.1 Å². The molecule has 0 aliphatic rings. The number of anilines is 1. The molecule has 0 radical (unpaired) electrons. The first-order valence-corrected chi connectivity index (χ1v) is 7.12. The maximum atomic E-state index is 11.1. The van der Waals surface area contributed by atoms with Crippen LogP contribution in [0.25, 0.3) is 10.4 Å². The van der Waals surface area contributed by atoms with Crippen LogP contribution in [-0.4, -0.2) is 33.1 Å². The molecule has 0 atom stereocenters. The highest BCUT2D eigenvalue weighted by molar-refractivity contribution is 5.66. The molecule has 2 N–H and O–H groups in total. The summed E-state index contributed by atoms with van der Waals surface area (Å²) < 4.78 is 0. The molecule has 0 fully saturated rings. The van der Waals surface area contributed by atoms with Crippen LogP contribution in [0.15, 0.2) is 35.7 Å². The van der Waals surface area contributed by atoms with Gasteiger partial charge in [-0.2, -0.15) is 0 Å². The Morgan fingerprint density at radius 3 is 2.75 bits per heavy atom. The lowest BCUT2D eigenvalue weighted by Gasteiger charge is -2.08. The minimum Gasteiger partial charge on any atom is -0.396 e. The fourth-order valence-corrected chi connectivity index (χ4v) is 2.07. The zero-order valence-corrected chi connectivity index (χ0v) is 12.7. The standard InChI is InChI=1S/C14H15N7O3/c15-20-19-10-1-2-13(14(7-10)21(23)24)17-5-3-11-8-16-9-12(18-11)4-6-22/h1-2,7-9,17,22H,3-6H2. The third-order valence-corrected chi connectivity index (χ3v) is 3.14. The minimum absolute atomic E-state index is 0.000105. The number of hydrogen-bond donors (Lipinski definition) is 2. The minimum atomic E-state index is -0.541. The lowest BCUT2D eigenvalue weighted by atomic mass is 10.2. The van der Waals surface area contributed by atoms with Gasteiger partial charge in [0.25, 0.3) is 5.69 Å². The van der Waals surface area contributed by atoms with Crippen LogP contribution in [0.1, 0.15) is 11.4 Å². The number of nitrogens with zero attached hydrogens (tertiary/aromatic N) is 6. The van der Waals surface area contributed by atoms with E-state index in [0.717, 1.165) is 5.69 Å². The molecule has 24 heavy (non-hydrogen) atoms. The molecule has 10 nitrogen and oxygen atoms in total. The third kappa shape index (κ3) is 4.63. The number of nitro benzene ring substituents is 1. The summed E-state index contributed by atoms with van der Waals surface area (Å²) in [5.74, 6) is 0. The third-order valence-electron chi connectivity index (χ3n) is 3.14. The summed E-state index contributed by atoms with van der Waals surface area (Å²) in [7, 11) is 0. The van der Waals surface area contributed by atoms with Crippen LogP contribution in [0, 0.1) is 10.1 Å². The molecule has 124 valence electrons. The molecule has 0 aliphatic carbocycles. The number of nitro groups is 1. The molecular weight excluding hydrogens is 314 g/mol. The second-order valence-corrected chi connectivity index (χ2v) is 4.80. The summed E-state index contributed by atoms with van der Waals surface area (Å²) in [6.07, 6.45) is 4.15. The summed E-state index contributed by atoms with van der Waals surface area (Å²) in [5.41, 5.74) is 10.2. The molecule has 0 amide bonds. The first-order valence-electron chi connectivity index (χ1n) is 7.12. The Bertz CT molecular complexity index is 775. The van der Waals surface area contributed by atoms with E-state index < -0.39 is 4.92 Å². The average Bonchev–Trinajstić information content (AvgIpc) is 2.57. The Kier molecular flexibility index (Phi) is 6.01. The molecule has 0 saturated carbocycles. The van der Waals surface area contributed by atoms with Gasteiger partial charge in [-0.25, -0.2) is 0 Å². The summed E-state index contributed by atoms with van der Waals surface area (Å²) >= 11 is 0. The number of azide groups is 1. The molecule has 2 rings (SSSR count). The van der Waals surface area contributed by atoms with Crippen LogP contribution in [-0.2, 0) is 12.8 Å². The Balaban J connectivity index is 2.05. The van der Waals surface area contributed by atoms with E-state index in [-0.39, 0.29) is 18.0 Å². The molecule has 0 aliphatic heterocycles. The second kappa shape index (κ2) is 8.42. The Hall–Kier alpha value is -3.23. The monoisotopic (exact) mass is 329 g/mol. The van der Waals surface area contributed by atoms with Gasteiger partial charge in [0.2, 0.25) is 0 Å². The lowest BCUT2D eigenvalue weighted by molar-refractivity contribution is -0.383. The molecule has 0 bridgehead atoms. The van der Waals surface area contributed by atoms with Crippen LogP contribution in [0.4, 0.5) is 17.1 Å². The van der Waals surface area contributed by atoms with Gasteiger partial charge in [0.1, 0.15) is 5.69 Å². The van der Waals surface area contributed by atoms with E-state index in [1.54, 1.807) is 12.4 Å². The zero-order valence-electron chi connectivity index (χ0n) is 12.7. The van der Waals surface area contributed by atoms with E-state index in [0.29, 0.717) is 30.8 Å². The molecule has 2 aromatic rings. The highest BCUT2D eigenvalue weighted by Gasteiger charge is 2.14. The van der Waals surface area contributed by atoms with Gasteiger partial charge in [-0.1, -0.05) is 11.2 Å². The van der Waals surface area contributed by atoms with Crippen molar-refractivity contribution in [2.45, 2.75) is 12.8 Å². The van der Waals surface area contributed by atoms with Crippen molar-refractivity contribution in [1.82, 2.24) is 9.97 Å². The molecule has 1 aromatic heterocycles. The Labute approximate surface area is 137 Å². The highest BCUT2D eigenvalue weighted by Crippen LogP contribution is 2.29. The van der Waals surface area contributed by atoms with Crippen LogP contribution < -0.4 is 5.32 Å². The van der Waals surface area contributed by atoms with Gasteiger partial charge in [0.15, 0.2) is 0 Å². The normalized spacial score (nSPS) is 10.0. The van der Waals surface area contributed by atoms with E-state index >= 15 is 0 Å². The predicted octanol–water partition coefficient (Wildman–Crippen LogP) is 2.52. The molecule has 1 heterocycles. The number of aliphatic hydroxyl groups is 1. The molecule has 0 spiro atoms. The topological polar surface area (TPSA) is 150 Å². The number of hydrogen-bond acceptors (Lipinski definition) is 7. The summed E-state index contributed by atoms with van der Waals surface area (Å²) in [4.78, 5) is 21.6. The summed E-state index contributed by atoms with van der Waals surface area (Å²) in [6.45, 7) is 0.416.